The van der Waals surface area contributed by atoms with E-state index in [4.69, 9.17) is 10.7 Å². The van der Waals surface area contributed by atoms with Crippen molar-refractivity contribution in [2.45, 2.75) is 6.42 Å². The lowest BCUT2D eigenvalue weighted by Crippen LogP contribution is -1.98. The smallest absolute Gasteiger partial charge is 0.0891 e. The van der Waals surface area contributed by atoms with Gasteiger partial charge in [-0.3, -0.25) is 9.97 Å². The zero-order valence-electron chi connectivity index (χ0n) is 14.4. The van der Waals surface area contributed by atoms with Crippen LogP contribution in [0, 0.1) is 0 Å². The van der Waals surface area contributed by atoms with Gasteiger partial charge in [-0.1, -0.05) is 42.5 Å². The summed E-state index contributed by atoms with van der Waals surface area (Å²) in [6.07, 6.45) is 11.0. The number of thiophene rings is 1. The second-order valence-electron chi connectivity index (χ2n) is 6.83. The number of nitrogens with zero attached hydrogens (tertiary/aromatic N) is 2. The number of fused-ring (bicyclic) bond motifs is 7. The number of rotatable bonds is 1. The van der Waals surface area contributed by atoms with Gasteiger partial charge >= 0.3 is 0 Å². The minimum Gasteiger partial charge on any atom is -0.397 e. The first-order chi connectivity index (χ1) is 13.3. The molecule has 2 aromatic carbocycles. The molecule has 3 aromatic heterocycles. The SMILES string of the molecule is Nc1c(C2=CC=CC2)c2c3cccnc3cnc2c2c1sc1ccccc12. The lowest BCUT2D eigenvalue weighted by molar-refractivity contribution is 1.36. The molecular formula is C23H15N3S. The van der Waals surface area contributed by atoms with E-state index in [9.17, 15) is 0 Å². The normalized spacial score (nSPS) is 14.0. The maximum absolute atomic E-state index is 6.81. The van der Waals surface area contributed by atoms with E-state index >= 15 is 0 Å². The fraction of sp³-hybridized carbons (Fsp3) is 0.0435. The molecule has 0 aliphatic heterocycles. The van der Waals surface area contributed by atoms with Gasteiger partial charge in [-0.25, -0.2) is 0 Å². The topological polar surface area (TPSA) is 51.8 Å². The molecule has 1 aliphatic carbocycles. The zero-order chi connectivity index (χ0) is 18.0. The summed E-state index contributed by atoms with van der Waals surface area (Å²) >= 11 is 1.75. The number of hydrogen-bond acceptors (Lipinski definition) is 4. The summed E-state index contributed by atoms with van der Waals surface area (Å²) in [5.74, 6) is 0. The molecule has 0 radical (unpaired) electrons. The maximum Gasteiger partial charge on any atom is 0.0891 e. The van der Waals surface area contributed by atoms with E-state index in [1.807, 2.05) is 18.5 Å². The summed E-state index contributed by atoms with van der Waals surface area (Å²) < 4.78 is 2.37. The van der Waals surface area contributed by atoms with Crippen LogP contribution in [0.25, 0.3) is 47.6 Å². The quantitative estimate of drug-likeness (QED) is 0.289. The average Bonchev–Trinajstić information content (AvgIpc) is 3.36. The molecule has 4 heteroatoms. The highest BCUT2D eigenvalue weighted by molar-refractivity contribution is 7.26. The Bertz CT molecular complexity index is 1460. The van der Waals surface area contributed by atoms with Gasteiger partial charge in [0, 0.05) is 38.0 Å². The monoisotopic (exact) mass is 365 g/mol. The molecule has 5 aromatic rings. The first-order valence-corrected chi connectivity index (χ1v) is 9.77. The summed E-state index contributed by atoms with van der Waals surface area (Å²) in [6.45, 7) is 0. The van der Waals surface area contributed by atoms with Gasteiger partial charge < -0.3 is 5.73 Å². The second-order valence-corrected chi connectivity index (χ2v) is 7.89. The molecule has 0 bridgehead atoms. The molecule has 0 spiro atoms. The molecule has 128 valence electrons. The van der Waals surface area contributed by atoms with Crippen LogP contribution in [0.15, 0.2) is 67.0 Å². The van der Waals surface area contributed by atoms with Gasteiger partial charge in [0.1, 0.15) is 0 Å². The Kier molecular flexibility index (Phi) is 2.96. The number of pyridine rings is 2. The predicted molar refractivity (Wildman–Crippen MR) is 116 cm³/mol. The largest absolute Gasteiger partial charge is 0.397 e. The van der Waals surface area contributed by atoms with Gasteiger partial charge in [0.15, 0.2) is 0 Å². The molecule has 0 saturated carbocycles. The number of hydrogen-bond donors (Lipinski definition) is 1. The van der Waals surface area contributed by atoms with Crippen molar-refractivity contribution < 1.29 is 0 Å². The van der Waals surface area contributed by atoms with Crippen molar-refractivity contribution in [3.05, 3.63) is 72.6 Å². The molecule has 0 saturated heterocycles. The number of benzene rings is 2. The highest BCUT2D eigenvalue weighted by atomic mass is 32.1. The van der Waals surface area contributed by atoms with Crippen LogP contribution >= 0.6 is 11.3 Å². The minimum absolute atomic E-state index is 0.854. The number of nitrogens with two attached hydrogens (primary N) is 1. The molecule has 2 N–H and O–H groups in total. The van der Waals surface area contributed by atoms with Gasteiger partial charge in [-0.05, 0) is 24.1 Å². The summed E-state index contributed by atoms with van der Waals surface area (Å²) in [5.41, 5.74) is 11.9. The van der Waals surface area contributed by atoms with E-state index in [2.05, 4.69) is 53.5 Å². The second kappa shape index (κ2) is 5.38. The minimum atomic E-state index is 0.854. The van der Waals surface area contributed by atoms with Crippen molar-refractivity contribution in [2.75, 3.05) is 5.73 Å². The van der Waals surface area contributed by atoms with Crippen LogP contribution < -0.4 is 5.73 Å². The fourth-order valence-electron chi connectivity index (χ4n) is 4.18. The predicted octanol–water partition coefficient (Wildman–Crippen LogP) is 6.08. The molecule has 0 atom stereocenters. The van der Waals surface area contributed by atoms with Crippen LogP contribution in [0.2, 0.25) is 0 Å². The highest BCUT2D eigenvalue weighted by Crippen LogP contribution is 2.47. The summed E-state index contributed by atoms with van der Waals surface area (Å²) in [6, 6.07) is 12.6. The Morgan fingerprint density at radius 3 is 2.74 bits per heavy atom. The standard InChI is InChI=1S/C23H15N3S/c24-21-18(13-6-1-2-7-13)19-14-9-5-11-25-16(14)12-26-22(19)20-15-8-3-4-10-17(15)27-23(20)21/h1-6,8-12H,7,24H2. The summed E-state index contributed by atoms with van der Waals surface area (Å²) in [7, 11) is 0. The lowest BCUT2D eigenvalue weighted by Gasteiger charge is -2.15. The van der Waals surface area contributed by atoms with Crippen molar-refractivity contribution >= 4 is 64.6 Å². The number of nitrogen functional groups attached to an aromatic ring is 1. The van der Waals surface area contributed by atoms with Gasteiger partial charge in [0.2, 0.25) is 0 Å². The lowest BCUT2D eigenvalue weighted by atomic mass is 9.93. The Balaban J connectivity index is 1.95. The van der Waals surface area contributed by atoms with Crippen molar-refractivity contribution in [2.24, 2.45) is 0 Å². The Labute approximate surface area is 159 Å². The molecule has 3 heterocycles. The highest BCUT2D eigenvalue weighted by Gasteiger charge is 2.22. The van der Waals surface area contributed by atoms with Crippen molar-refractivity contribution in [1.29, 1.82) is 0 Å². The number of anilines is 1. The first kappa shape index (κ1) is 14.9. The third kappa shape index (κ3) is 1.96. The third-order valence-electron chi connectivity index (χ3n) is 5.35. The molecule has 0 unspecified atom stereocenters. The molecular weight excluding hydrogens is 350 g/mol. The van der Waals surface area contributed by atoms with E-state index in [0.717, 1.165) is 49.6 Å². The average molecular weight is 365 g/mol. The number of aromatic nitrogens is 2. The Hall–Kier alpha value is -3.24. The van der Waals surface area contributed by atoms with Crippen molar-refractivity contribution in [1.82, 2.24) is 9.97 Å². The third-order valence-corrected chi connectivity index (χ3v) is 6.55. The Morgan fingerprint density at radius 2 is 1.85 bits per heavy atom. The van der Waals surface area contributed by atoms with Crippen LogP contribution in [-0.2, 0) is 0 Å². The van der Waals surface area contributed by atoms with E-state index in [1.54, 1.807) is 11.3 Å². The maximum atomic E-state index is 6.81. The van der Waals surface area contributed by atoms with E-state index in [0.29, 0.717) is 0 Å². The van der Waals surface area contributed by atoms with Crippen LogP contribution in [0.5, 0.6) is 0 Å². The molecule has 6 rings (SSSR count). The van der Waals surface area contributed by atoms with Gasteiger partial charge in [0.25, 0.3) is 0 Å². The van der Waals surface area contributed by atoms with Crippen molar-refractivity contribution in [3.63, 3.8) is 0 Å². The molecule has 0 fully saturated rings. The van der Waals surface area contributed by atoms with Crippen LogP contribution in [0.3, 0.4) is 0 Å². The van der Waals surface area contributed by atoms with Gasteiger partial charge in [-0.15, -0.1) is 11.3 Å². The number of allylic oxidation sites excluding steroid dienone is 4. The van der Waals surface area contributed by atoms with Gasteiger partial charge in [0.05, 0.1) is 27.6 Å². The molecule has 3 nitrogen and oxygen atoms in total. The van der Waals surface area contributed by atoms with E-state index in [-0.39, 0.29) is 0 Å². The van der Waals surface area contributed by atoms with Crippen LogP contribution in [0.1, 0.15) is 12.0 Å². The zero-order valence-corrected chi connectivity index (χ0v) is 15.3. The first-order valence-electron chi connectivity index (χ1n) is 8.95. The molecule has 0 amide bonds. The summed E-state index contributed by atoms with van der Waals surface area (Å²) in [5, 5.41) is 4.59. The van der Waals surface area contributed by atoms with E-state index in [1.165, 1.54) is 15.7 Å². The van der Waals surface area contributed by atoms with E-state index < -0.39 is 0 Å². The fourth-order valence-corrected chi connectivity index (χ4v) is 5.34. The van der Waals surface area contributed by atoms with Crippen LogP contribution in [-0.4, -0.2) is 9.97 Å². The van der Waals surface area contributed by atoms with Crippen molar-refractivity contribution in [3.8, 4) is 0 Å². The van der Waals surface area contributed by atoms with Crippen LogP contribution in [0.4, 0.5) is 5.69 Å². The molecule has 1 aliphatic rings. The Morgan fingerprint density at radius 1 is 0.963 bits per heavy atom. The molecule has 27 heavy (non-hydrogen) atoms. The van der Waals surface area contributed by atoms with Gasteiger partial charge in [-0.2, -0.15) is 0 Å². The summed E-state index contributed by atoms with van der Waals surface area (Å²) in [4.78, 5) is 9.40.